The number of ether oxygens (including phenoxy) is 1. The van der Waals surface area contributed by atoms with Gasteiger partial charge in [0.15, 0.2) is 0 Å². The van der Waals surface area contributed by atoms with Crippen LogP contribution in [0.5, 0.6) is 5.75 Å². The standard InChI is InChI=1S/C20H17Cl2FN2O/c21-17-4-6-20(26-13-15-3-5-18(23)9-19(15)22)16(8-17)12-25-11-14-2-1-7-24-10-14/h1-10,25H,11-13H2. The molecule has 6 heteroatoms. The van der Waals surface area contributed by atoms with Crippen LogP contribution in [-0.2, 0) is 19.7 Å². The second-order valence-corrected chi connectivity index (χ2v) is 6.58. The Hall–Kier alpha value is -2.14. The Morgan fingerprint density at radius 3 is 2.65 bits per heavy atom. The fourth-order valence-electron chi connectivity index (χ4n) is 2.47. The summed E-state index contributed by atoms with van der Waals surface area (Å²) in [7, 11) is 0. The molecule has 1 N–H and O–H groups in total. The second kappa shape index (κ2) is 8.99. The zero-order valence-corrected chi connectivity index (χ0v) is 15.4. The molecule has 2 aromatic carbocycles. The van der Waals surface area contributed by atoms with E-state index >= 15 is 0 Å². The van der Waals surface area contributed by atoms with E-state index in [1.54, 1.807) is 18.3 Å². The molecule has 0 amide bonds. The van der Waals surface area contributed by atoms with E-state index in [0.29, 0.717) is 28.9 Å². The summed E-state index contributed by atoms with van der Waals surface area (Å²) < 4.78 is 19.0. The van der Waals surface area contributed by atoms with Gasteiger partial charge in [-0.05, 0) is 42.0 Å². The first-order valence-corrected chi connectivity index (χ1v) is 8.82. The molecule has 0 saturated heterocycles. The summed E-state index contributed by atoms with van der Waals surface area (Å²) in [5.41, 5.74) is 2.74. The van der Waals surface area contributed by atoms with Gasteiger partial charge in [0.25, 0.3) is 0 Å². The molecule has 0 aliphatic rings. The molecule has 134 valence electrons. The summed E-state index contributed by atoms with van der Waals surface area (Å²) >= 11 is 12.2. The topological polar surface area (TPSA) is 34.1 Å². The summed E-state index contributed by atoms with van der Waals surface area (Å²) in [6.07, 6.45) is 3.56. The Morgan fingerprint density at radius 1 is 1.00 bits per heavy atom. The van der Waals surface area contributed by atoms with Crippen LogP contribution in [0.1, 0.15) is 16.7 Å². The zero-order chi connectivity index (χ0) is 18.4. The van der Waals surface area contributed by atoms with Crippen LogP contribution in [0.4, 0.5) is 4.39 Å². The van der Waals surface area contributed by atoms with Crippen molar-refractivity contribution in [2.24, 2.45) is 0 Å². The molecule has 0 radical (unpaired) electrons. The molecule has 0 spiro atoms. The molecule has 0 fully saturated rings. The third-order valence-corrected chi connectivity index (χ3v) is 4.38. The lowest BCUT2D eigenvalue weighted by Gasteiger charge is -2.13. The number of hydrogen-bond donors (Lipinski definition) is 1. The Bertz CT molecular complexity index is 875. The average Bonchev–Trinajstić information content (AvgIpc) is 2.63. The lowest BCUT2D eigenvalue weighted by Crippen LogP contribution is -2.14. The van der Waals surface area contributed by atoms with E-state index in [-0.39, 0.29) is 12.4 Å². The Labute approximate surface area is 161 Å². The van der Waals surface area contributed by atoms with Crippen LogP contribution in [0, 0.1) is 5.82 Å². The van der Waals surface area contributed by atoms with E-state index in [4.69, 9.17) is 27.9 Å². The third kappa shape index (κ3) is 5.18. The van der Waals surface area contributed by atoms with Gasteiger partial charge in [0, 0.05) is 41.6 Å². The predicted octanol–water partition coefficient (Wildman–Crippen LogP) is 5.40. The van der Waals surface area contributed by atoms with Gasteiger partial charge < -0.3 is 10.1 Å². The first-order chi connectivity index (χ1) is 12.6. The molecule has 0 saturated carbocycles. The van der Waals surface area contributed by atoms with Crippen LogP contribution in [0.15, 0.2) is 60.9 Å². The van der Waals surface area contributed by atoms with Crippen LogP contribution in [0.2, 0.25) is 10.0 Å². The maximum absolute atomic E-state index is 13.1. The van der Waals surface area contributed by atoms with Gasteiger partial charge >= 0.3 is 0 Å². The van der Waals surface area contributed by atoms with Crippen LogP contribution >= 0.6 is 23.2 Å². The molecule has 0 atom stereocenters. The second-order valence-electron chi connectivity index (χ2n) is 5.74. The number of nitrogens with one attached hydrogen (secondary N) is 1. The van der Waals surface area contributed by atoms with Gasteiger partial charge in [-0.3, -0.25) is 4.98 Å². The normalized spacial score (nSPS) is 10.7. The fraction of sp³-hybridized carbons (Fsp3) is 0.150. The fourth-order valence-corrected chi connectivity index (χ4v) is 2.88. The molecule has 3 rings (SSSR count). The van der Waals surface area contributed by atoms with E-state index < -0.39 is 0 Å². The number of benzene rings is 2. The molecule has 0 aliphatic heterocycles. The van der Waals surface area contributed by atoms with Crippen molar-refractivity contribution in [1.29, 1.82) is 0 Å². The lowest BCUT2D eigenvalue weighted by atomic mass is 10.2. The van der Waals surface area contributed by atoms with Crippen LogP contribution in [-0.4, -0.2) is 4.98 Å². The third-order valence-electron chi connectivity index (χ3n) is 3.79. The Kier molecular flexibility index (Phi) is 6.45. The molecule has 26 heavy (non-hydrogen) atoms. The van der Waals surface area contributed by atoms with Crippen molar-refractivity contribution in [3.63, 3.8) is 0 Å². The molecule has 1 heterocycles. The highest BCUT2D eigenvalue weighted by Crippen LogP contribution is 2.25. The minimum Gasteiger partial charge on any atom is -0.489 e. The zero-order valence-electron chi connectivity index (χ0n) is 13.9. The van der Waals surface area contributed by atoms with Crippen molar-refractivity contribution in [3.8, 4) is 5.75 Å². The maximum Gasteiger partial charge on any atom is 0.124 e. The Morgan fingerprint density at radius 2 is 1.88 bits per heavy atom. The average molecular weight is 391 g/mol. The van der Waals surface area contributed by atoms with Gasteiger partial charge in [0.05, 0.1) is 5.02 Å². The van der Waals surface area contributed by atoms with Crippen LogP contribution in [0.3, 0.4) is 0 Å². The largest absolute Gasteiger partial charge is 0.489 e. The minimum absolute atomic E-state index is 0.246. The van der Waals surface area contributed by atoms with Gasteiger partial charge in [0.1, 0.15) is 18.2 Å². The van der Waals surface area contributed by atoms with Gasteiger partial charge in [-0.25, -0.2) is 4.39 Å². The lowest BCUT2D eigenvalue weighted by molar-refractivity contribution is 0.302. The highest BCUT2D eigenvalue weighted by molar-refractivity contribution is 6.31. The highest BCUT2D eigenvalue weighted by atomic mass is 35.5. The van der Waals surface area contributed by atoms with Crippen molar-refractivity contribution in [3.05, 3.63) is 93.5 Å². The molecule has 0 unspecified atom stereocenters. The van der Waals surface area contributed by atoms with E-state index in [9.17, 15) is 4.39 Å². The molecule has 1 aromatic heterocycles. The summed E-state index contributed by atoms with van der Waals surface area (Å²) in [5.74, 6) is 0.332. The van der Waals surface area contributed by atoms with Crippen molar-refractivity contribution in [1.82, 2.24) is 10.3 Å². The first-order valence-electron chi connectivity index (χ1n) is 8.06. The van der Waals surface area contributed by atoms with E-state index in [1.165, 1.54) is 12.1 Å². The van der Waals surface area contributed by atoms with Crippen molar-refractivity contribution < 1.29 is 9.13 Å². The predicted molar refractivity (Wildman–Crippen MR) is 102 cm³/mol. The van der Waals surface area contributed by atoms with Crippen LogP contribution in [0.25, 0.3) is 0 Å². The van der Waals surface area contributed by atoms with Crippen LogP contribution < -0.4 is 10.1 Å². The summed E-state index contributed by atoms with van der Waals surface area (Å²) in [4.78, 5) is 4.09. The summed E-state index contributed by atoms with van der Waals surface area (Å²) in [5, 5.41) is 4.33. The van der Waals surface area contributed by atoms with Gasteiger partial charge in [-0.2, -0.15) is 0 Å². The first kappa shape index (κ1) is 18.6. The summed E-state index contributed by atoms with van der Waals surface area (Å²) in [6, 6.07) is 13.6. The number of nitrogens with zero attached hydrogens (tertiary/aromatic N) is 1. The van der Waals surface area contributed by atoms with Crippen molar-refractivity contribution in [2.45, 2.75) is 19.7 Å². The van der Waals surface area contributed by atoms with Crippen molar-refractivity contribution in [2.75, 3.05) is 0 Å². The van der Waals surface area contributed by atoms with Gasteiger partial charge in [-0.15, -0.1) is 0 Å². The summed E-state index contributed by atoms with van der Waals surface area (Å²) in [6.45, 7) is 1.52. The number of halogens is 3. The van der Waals surface area contributed by atoms with E-state index in [0.717, 1.165) is 16.7 Å². The molecular formula is C20H17Cl2FN2O. The molecular weight excluding hydrogens is 374 g/mol. The van der Waals surface area contributed by atoms with E-state index in [1.807, 2.05) is 30.5 Å². The molecule has 3 nitrogen and oxygen atoms in total. The molecule has 0 bridgehead atoms. The number of aromatic nitrogens is 1. The molecule has 3 aromatic rings. The number of rotatable bonds is 7. The quantitative estimate of drug-likeness (QED) is 0.586. The monoisotopic (exact) mass is 390 g/mol. The van der Waals surface area contributed by atoms with Gasteiger partial charge in [0.2, 0.25) is 0 Å². The van der Waals surface area contributed by atoms with Crippen molar-refractivity contribution >= 4 is 23.2 Å². The smallest absolute Gasteiger partial charge is 0.124 e. The van der Waals surface area contributed by atoms with E-state index in [2.05, 4.69) is 10.3 Å². The number of hydrogen-bond acceptors (Lipinski definition) is 3. The van der Waals surface area contributed by atoms with Gasteiger partial charge in [-0.1, -0.05) is 35.3 Å². The highest BCUT2D eigenvalue weighted by Gasteiger charge is 2.08. The maximum atomic E-state index is 13.1. The SMILES string of the molecule is Fc1ccc(COc2ccc(Cl)cc2CNCc2cccnc2)c(Cl)c1. The minimum atomic E-state index is -0.370. The molecule has 0 aliphatic carbocycles. The Balaban J connectivity index is 1.65. The number of pyridine rings is 1.